The largest absolute Gasteiger partial charge is 0.508 e. The van der Waals surface area contributed by atoms with Crippen molar-refractivity contribution in [3.05, 3.63) is 65.7 Å². The molecule has 30 heavy (non-hydrogen) atoms. The van der Waals surface area contributed by atoms with Crippen LogP contribution in [0.1, 0.15) is 18.1 Å². The number of carboxylic acid groups (broad SMARTS) is 1. The number of ether oxygens (including phenoxy) is 1. The molecule has 0 unspecified atom stereocenters. The van der Waals surface area contributed by atoms with Gasteiger partial charge in [-0.05, 0) is 30.2 Å². The second kappa shape index (κ2) is 10.8. The maximum Gasteiger partial charge on any atom is 0.408 e. The van der Waals surface area contributed by atoms with Crippen LogP contribution in [0.2, 0.25) is 0 Å². The van der Waals surface area contributed by atoms with Gasteiger partial charge in [0, 0.05) is 6.42 Å². The molecule has 0 saturated carbocycles. The average molecular weight is 416 g/mol. The number of aliphatic hydroxyl groups excluding tert-OH is 1. The van der Waals surface area contributed by atoms with Gasteiger partial charge in [-0.15, -0.1) is 0 Å². The van der Waals surface area contributed by atoms with Crippen LogP contribution in [-0.2, 0) is 27.4 Å². The Labute approximate surface area is 173 Å². The summed E-state index contributed by atoms with van der Waals surface area (Å²) >= 11 is 0. The Morgan fingerprint density at radius 3 is 2.17 bits per heavy atom. The summed E-state index contributed by atoms with van der Waals surface area (Å²) in [4.78, 5) is 36.1. The van der Waals surface area contributed by atoms with Crippen molar-refractivity contribution in [1.82, 2.24) is 10.6 Å². The lowest BCUT2D eigenvalue weighted by molar-refractivity contribution is -0.145. The number of phenols is 1. The number of rotatable bonds is 9. The summed E-state index contributed by atoms with van der Waals surface area (Å²) in [6, 6.07) is 12.2. The second-order valence-corrected chi connectivity index (χ2v) is 6.69. The van der Waals surface area contributed by atoms with Gasteiger partial charge in [-0.3, -0.25) is 4.79 Å². The van der Waals surface area contributed by atoms with Crippen molar-refractivity contribution in [1.29, 1.82) is 0 Å². The van der Waals surface area contributed by atoms with Gasteiger partial charge >= 0.3 is 12.1 Å². The molecule has 2 rings (SSSR count). The Morgan fingerprint density at radius 2 is 1.60 bits per heavy atom. The van der Waals surface area contributed by atoms with Crippen LogP contribution in [0.3, 0.4) is 0 Å². The van der Waals surface area contributed by atoms with Gasteiger partial charge in [0.2, 0.25) is 5.91 Å². The van der Waals surface area contributed by atoms with E-state index >= 15 is 0 Å². The summed E-state index contributed by atoms with van der Waals surface area (Å²) in [7, 11) is 0. The van der Waals surface area contributed by atoms with Gasteiger partial charge in [-0.2, -0.15) is 0 Å². The maximum atomic E-state index is 12.6. The van der Waals surface area contributed by atoms with Crippen molar-refractivity contribution in [2.45, 2.75) is 38.1 Å². The Balaban J connectivity index is 2.09. The monoisotopic (exact) mass is 416 g/mol. The van der Waals surface area contributed by atoms with Crippen molar-refractivity contribution < 1.29 is 34.4 Å². The van der Waals surface area contributed by atoms with Crippen LogP contribution in [0.15, 0.2) is 54.6 Å². The van der Waals surface area contributed by atoms with Crippen molar-refractivity contribution in [2.75, 3.05) is 0 Å². The summed E-state index contributed by atoms with van der Waals surface area (Å²) in [5.74, 6) is -2.17. The van der Waals surface area contributed by atoms with Crippen LogP contribution >= 0.6 is 0 Å². The highest BCUT2D eigenvalue weighted by Gasteiger charge is 2.30. The third-order valence-corrected chi connectivity index (χ3v) is 4.24. The van der Waals surface area contributed by atoms with E-state index in [0.29, 0.717) is 5.56 Å². The molecule has 0 aliphatic heterocycles. The van der Waals surface area contributed by atoms with E-state index in [4.69, 9.17) is 4.74 Å². The van der Waals surface area contributed by atoms with Gasteiger partial charge in [0.25, 0.3) is 0 Å². The molecule has 0 heterocycles. The molecule has 2 aromatic rings. The lowest BCUT2D eigenvalue weighted by Crippen LogP contribution is -2.55. The number of alkyl carbamates (subject to hydrolysis) is 1. The second-order valence-electron chi connectivity index (χ2n) is 6.69. The summed E-state index contributed by atoms with van der Waals surface area (Å²) < 4.78 is 5.13. The van der Waals surface area contributed by atoms with Crippen molar-refractivity contribution in [3.63, 3.8) is 0 Å². The Morgan fingerprint density at radius 1 is 0.967 bits per heavy atom. The highest BCUT2D eigenvalue weighted by atomic mass is 16.5. The SMILES string of the molecule is C[C@H](O)[C@@H](NC(=O)[C@@H](Cc1ccc(O)cc1)NC(=O)OCc1ccccc1)C(=O)O. The van der Waals surface area contributed by atoms with Crippen LogP contribution in [0.25, 0.3) is 0 Å². The molecule has 0 spiro atoms. The number of aliphatic carboxylic acids is 1. The number of phenolic OH excluding ortho intramolecular Hbond substituents is 1. The zero-order chi connectivity index (χ0) is 22.1. The smallest absolute Gasteiger partial charge is 0.408 e. The van der Waals surface area contributed by atoms with Crippen LogP contribution < -0.4 is 10.6 Å². The number of aromatic hydroxyl groups is 1. The molecule has 0 fully saturated rings. The Bertz CT molecular complexity index is 853. The normalized spacial score (nSPS) is 13.5. The number of nitrogens with one attached hydrogen (secondary N) is 2. The molecule has 0 radical (unpaired) electrons. The van der Waals surface area contributed by atoms with E-state index in [-0.39, 0.29) is 18.8 Å². The lowest BCUT2D eigenvalue weighted by Gasteiger charge is -2.22. The average Bonchev–Trinajstić information content (AvgIpc) is 2.71. The van der Waals surface area contributed by atoms with E-state index in [2.05, 4.69) is 10.6 Å². The number of aliphatic hydroxyl groups is 1. The molecule has 0 aliphatic carbocycles. The van der Waals surface area contributed by atoms with E-state index in [9.17, 15) is 29.7 Å². The summed E-state index contributed by atoms with van der Waals surface area (Å²) in [6.07, 6.45) is -2.19. The third kappa shape index (κ3) is 7.10. The van der Waals surface area contributed by atoms with Crippen LogP contribution in [-0.4, -0.2) is 51.5 Å². The molecule has 0 saturated heterocycles. The van der Waals surface area contributed by atoms with Crippen molar-refractivity contribution in [3.8, 4) is 5.75 Å². The molecular formula is C21H24N2O7. The number of carboxylic acids is 1. The molecule has 0 aliphatic rings. The number of hydrogen-bond acceptors (Lipinski definition) is 6. The zero-order valence-corrected chi connectivity index (χ0v) is 16.3. The maximum absolute atomic E-state index is 12.6. The fourth-order valence-electron chi connectivity index (χ4n) is 2.63. The molecule has 160 valence electrons. The van der Waals surface area contributed by atoms with E-state index in [1.807, 2.05) is 6.07 Å². The van der Waals surface area contributed by atoms with Crippen molar-refractivity contribution in [2.24, 2.45) is 0 Å². The van der Waals surface area contributed by atoms with E-state index in [1.165, 1.54) is 19.1 Å². The topological polar surface area (TPSA) is 145 Å². The molecule has 5 N–H and O–H groups in total. The summed E-state index contributed by atoms with van der Waals surface area (Å²) in [5.41, 5.74) is 1.37. The number of hydrogen-bond donors (Lipinski definition) is 5. The van der Waals surface area contributed by atoms with Crippen LogP contribution in [0.4, 0.5) is 4.79 Å². The van der Waals surface area contributed by atoms with Gasteiger partial charge in [0.15, 0.2) is 6.04 Å². The van der Waals surface area contributed by atoms with Gasteiger partial charge in [0.1, 0.15) is 18.4 Å². The van der Waals surface area contributed by atoms with Gasteiger partial charge in [-0.1, -0.05) is 42.5 Å². The molecule has 9 nitrogen and oxygen atoms in total. The first-order valence-electron chi connectivity index (χ1n) is 9.22. The Kier molecular flexibility index (Phi) is 8.18. The molecule has 2 aromatic carbocycles. The van der Waals surface area contributed by atoms with E-state index in [0.717, 1.165) is 5.56 Å². The number of benzene rings is 2. The quantitative estimate of drug-likeness (QED) is 0.413. The number of amides is 2. The van der Waals surface area contributed by atoms with Crippen LogP contribution in [0.5, 0.6) is 5.75 Å². The third-order valence-electron chi connectivity index (χ3n) is 4.24. The minimum Gasteiger partial charge on any atom is -0.508 e. The van der Waals surface area contributed by atoms with Gasteiger partial charge < -0.3 is 30.7 Å². The van der Waals surface area contributed by atoms with E-state index in [1.54, 1.807) is 36.4 Å². The van der Waals surface area contributed by atoms with E-state index < -0.39 is 36.2 Å². The first-order valence-corrected chi connectivity index (χ1v) is 9.22. The minimum absolute atomic E-state index is 0.00829. The highest BCUT2D eigenvalue weighted by molar-refractivity contribution is 5.89. The standard InChI is InChI=1S/C21H24N2O7/c1-13(24)18(20(27)28)23-19(26)17(11-14-7-9-16(25)10-8-14)22-21(29)30-12-15-5-3-2-4-6-15/h2-10,13,17-18,24-25H,11-12H2,1H3,(H,22,29)(H,23,26)(H,27,28)/t13-,17+,18+/m0/s1. The molecular weight excluding hydrogens is 392 g/mol. The summed E-state index contributed by atoms with van der Waals surface area (Å²) in [5, 5.41) is 32.8. The first-order chi connectivity index (χ1) is 14.3. The zero-order valence-electron chi connectivity index (χ0n) is 16.3. The fraction of sp³-hybridized carbons (Fsp3) is 0.286. The van der Waals surface area contributed by atoms with Crippen LogP contribution in [0, 0.1) is 0 Å². The first kappa shape index (κ1) is 22.7. The Hall–Kier alpha value is -3.59. The molecule has 0 bridgehead atoms. The minimum atomic E-state index is -1.54. The molecule has 3 atom stereocenters. The predicted molar refractivity (Wildman–Crippen MR) is 107 cm³/mol. The number of carbonyl (C=O) groups is 3. The molecule has 9 heteroatoms. The molecule has 2 amide bonds. The van der Waals surface area contributed by atoms with Gasteiger partial charge in [-0.25, -0.2) is 9.59 Å². The predicted octanol–water partition coefficient (Wildman–Crippen LogP) is 1.18. The van der Waals surface area contributed by atoms with Crippen molar-refractivity contribution >= 4 is 18.0 Å². The number of carbonyl (C=O) groups excluding carboxylic acids is 2. The van der Waals surface area contributed by atoms with Gasteiger partial charge in [0.05, 0.1) is 6.10 Å². The lowest BCUT2D eigenvalue weighted by atomic mass is 10.0. The fourth-order valence-corrected chi connectivity index (χ4v) is 2.63. The highest BCUT2D eigenvalue weighted by Crippen LogP contribution is 2.12. The summed E-state index contributed by atoms with van der Waals surface area (Å²) in [6.45, 7) is 1.22. The molecule has 0 aromatic heterocycles.